The fraction of sp³-hybridized carbons (Fsp3) is 0.611. The van der Waals surface area contributed by atoms with Gasteiger partial charge in [-0.25, -0.2) is 0 Å². The summed E-state index contributed by atoms with van der Waals surface area (Å²) in [6.07, 6.45) is 4.81. The molecule has 4 nitrogen and oxygen atoms in total. The monoisotopic (exact) mass is 336 g/mol. The zero-order valence-corrected chi connectivity index (χ0v) is 14.2. The lowest BCUT2D eigenvalue weighted by atomic mass is 9.99. The van der Waals surface area contributed by atoms with Crippen LogP contribution in [0.2, 0.25) is 5.02 Å². The molecule has 0 atom stereocenters. The quantitative estimate of drug-likeness (QED) is 0.919. The minimum Gasteiger partial charge on any atom is -0.381 e. The molecule has 1 aromatic rings. The van der Waals surface area contributed by atoms with Gasteiger partial charge in [-0.15, -0.1) is 0 Å². The van der Waals surface area contributed by atoms with Gasteiger partial charge in [0.1, 0.15) is 0 Å². The van der Waals surface area contributed by atoms with Gasteiger partial charge in [0.2, 0.25) is 5.91 Å². The molecule has 1 amide bonds. The minimum atomic E-state index is 0.108. The third-order valence-electron chi connectivity index (χ3n) is 4.88. The molecule has 0 radical (unpaired) electrons. The van der Waals surface area contributed by atoms with Crippen LogP contribution in [0, 0.1) is 0 Å². The van der Waals surface area contributed by atoms with Crippen LogP contribution in [-0.2, 0) is 16.0 Å². The highest BCUT2D eigenvalue weighted by atomic mass is 35.5. The Morgan fingerprint density at radius 1 is 1.13 bits per heavy atom. The highest BCUT2D eigenvalue weighted by Crippen LogP contribution is 2.20. The number of piperidine rings is 1. The third-order valence-corrected chi connectivity index (χ3v) is 5.13. The van der Waals surface area contributed by atoms with E-state index in [0.29, 0.717) is 23.5 Å². The van der Waals surface area contributed by atoms with Crippen molar-refractivity contribution >= 4 is 17.5 Å². The number of amides is 1. The number of likely N-dealkylation sites (tertiary alicyclic amines) is 1. The molecule has 3 rings (SSSR count). The first-order valence-corrected chi connectivity index (χ1v) is 8.94. The number of hydrogen-bond donors (Lipinski definition) is 1. The number of nitrogens with one attached hydrogen (secondary N) is 1. The summed E-state index contributed by atoms with van der Waals surface area (Å²) < 4.78 is 5.44. The molecular weight excluding hydrogens is 312 g/mol. The molecule has 2 aliphatic rings. The number of benzene rings is 1. The van der Waals surface area contributed by atoms with Crippen molar-refractivity contribution in [3.63, 3.8) is 0 Å². The maximum Gasteiger partial charge on any atom is 0.224 e. The van der Waals surface area contributed by atoms with E-state index in [-0.39, 0.29) is 5.91 Å². The van der Waals surface area contributed by atoms with Crippen molar-refractivity contribution in [2.24, 2.45) is 0 Å². The van der Waals surface area contributed by atoms with Crippen LogP contribution in [0.1, 0.15) is 31.2 Å². The number of carbonyl (C=O) groups is 1. The summed E-state index contributed by atoms with van der Waals surface area (Å²) in [6, 6.07) is 8.47. The number of hydrogen-bond acceptors (Lipinski definition) is 3. The summed E-state index contributed by atoms with van der Waals surface area (Å²) in [7, 11) is 0. The molecular formula is C18H25ClN2O2. The number of rotatable bonds is 4. The van der Waals surface area contributed by atoms with E-state index in [1.807, 2.05) is 24.3 Å². The maximum absolute atomic E-state index is 12.2. The van der Waals surface area contributed by atoms with Crippen LogP contribution in [0.15, 0.2) is 24.3 Å². The van der Waals surface area contributed by atoms with E-state index < -0.39 is 0 Å². The Hall–Kier alpha value is -1.10. The van der Waals surface area contributed by atoms with Crippen LogP contribution in [0.25, 0.3) is 0 Å². The van der Waals surface area contributed by atoms with Crippen molar-refractivity contribution in [2.75, 3.05) is 26.3 Å². The van der Waals surface area contributed by atoms with Crippen LogP contribution in [0.5, 0.6) is 0 Å². The summed E-state index contributed by atoms with van der Waals surface area (Å²) >= 11 is 5.87. The third kappa shape index (κ3) is 4.93. The van der Waals surface area contributed by atoms with E-state index in [4.69, 9.17) is 16.3 Å². The van der Waals surface area contributed by atoms with Crippen LogP contribution in [-0.4, -0.2) is 49.2 Å². The zero-order valence-electron chi connectivity index (χ0n) is 13.5. The molecule has 1 N–H and O–H groups in total. The lowest BCUT2D eigenvalue weighted by Crippen LogP contribution is -2.49. The second-order valence-corrected chi connectivity index (χ2v) is 6.96. The largest absolute Gasteiger partial charge is 0.381 e. The van der Waals surface area contributed by atoms with Crippen molar-refractivity contribution in [3.05, 3.63) is 34.9 Å². The average molecular weight is 337 g/mol. The molecule has 0 aromatic heterocycles. The molecule has 0 spiro atoms. The van der Waals surface area contributed by atoms with Gasteiger partial charge >= 0.3 is 0 Å². The Balaban J connectivity index is 1.41. The Labute approximate surface area is 143 Å². The second kappa shape index (κ2) is 8.13. The highest BCUT2D eigenvalue weighted by molar-refractivity contribution is 6.30. The first-order chi connectivity index (χ1) is 11.2. The van der Waals surface area contributed by atoms with Gasteiger partial charge in [-0.1, -0.05) is 23.7 Å². The average Bonchev–Trinajstić information content (AvgIpc) is 2.58. The van der Waals surface area contributed by atoms with E-state index in [1.54, 1.807) is 0 Å². The number of carbonyl (C=O) groups excluding carboxylic acids is 1. The predicted octanol–water partition coefficient (Wildman–Crippen LogP) is 2.64. The van der Waals surface area contributed by atoms with Crippen molar-refractivity contribution in [1.82, 2.24) is 10.2 Å². The van der Waals surface area contributed by atoms with Gasteiger partial charge in [0, 0.05) is 43.4 Å². The fourth-order valence-electron chi connectivity index (χ4n) is 3.53. The predicted molar refractivity (Wildman–Crippen MR) is 91.7 cm³/mol. The molecule has 2 aliphatic heterocycles. The highest BCUT2D eigenvalue weighted by Gasteiger charge is 2.26. The van der Waals surface area contributed by atoms with Crippen molar-refractivity contribution in [1.29, 1.82) is 0 Å². The van der Waals surface area contributed by atoms with Gasteiger partial charge in [0.15, 0.2) is 0 Å². The normalized spacial score (nSPS) is 21.3. The van der Waals surface area contributed by atoms with Crippen LogP contribution >= 0.6 is 11.6 Å². The summed E-state index contributed by atoms with van der Waals surface area (Å²) in [5.74, 6) is 0.108. The van der Waals surface area contributed by atoms with Crippen molar-refractivity contribution < 1.29 is 9.53 Å². The SMILES string of the molecule is O=C(Cc1ccc(Cl)cc1)NC1CCN(C2CCOCC2)CC1. The summed E-state index contributed by atoms with van der Waals surface area (Å²) in [5.41, 5.74) is 1.01. The molecule has 0 aliphatic carbocycles. The fourth-order valence-corrected chi connectivity index (χ4v) is 3.65. The summed E-state index contributed by atoms with van der Waals surface area (Å²) in [6.45, 7) is 3.94. The Morgan fingerprint density at radius 3 is 2.43 bits per heavy atom. The molecule has 0 bridgehead atoms. The van der Waals surface area contributed by atoms with E-state index >= 15 is 0 Å². The molecule has 2 fully saturated rings. The molecule has 23 heavy (non-hydrogen) atoms. The first kappa shape index (κ1) is 16.7. The van der Waals surface area contributed by atoms with Gasteiger partial charge in [-0.2, -0.15) is 0 Å². The smallest absolute Gasteiger partial charge is 0.224 e. The molecule has 0 saturated carbocycles. The van der Waals surface area contributed by atoms with E-state index in [2.05, 4.69) is 10.2 Å². The zero-order chi connectivity index (χ0) is 16.1. The Morgan fingerprint density at radius 2 is 1.78 bits per heavy atom. The molecule has 2 saturated heterocycles. The van der Waals surface area contributed by atoms with Crippen molar-refractivity contribution in [3.8, 4) is 0 Å². The minimum absolute atomic E-state index is 0.108. The topological polar surface area (TPSA) is 41.6 Å². The maximum atomic E-state index is 12.2. The Bertz CT molecular complexity index is 506. The van der Waals surface area contributed by atoms with Crippen LogP contribution in [0.3, 0.4) is 0 Å². The number of halogens is 1. The van der Waals surface area contributed by atoms with E-state index in [0.717, 1.165) is 57.6 Å². The van der Waals surface area contributed by atoms with Gasteiger partial charge in [-0.05, 0) is 43.4 Å². The second-order valence-electron chi connectivity index (χ2n) is 6.52. The molecule has 2 heterocycles. The van der Waals surface area contributed by atoms with Gasteiger partial charge < -0.3 is 15.0 Å². The summed E-state index contributed by atoms with van der Waals surface area (Å²) in [4.78, 5) is 14.7. The van der Waals surface area contributed by atoms with Crippen LogP contribution < -0.4 is 5.32 Å². The standard InChI is InChI=1S/C18H25ClN2O2/c19-15-3-1-14(2-4-15)13-18(22)20-16-5-9-21(10-6-16)17-7-11-23-12-8-17/h1-4,16-17H,5-13H2,(H,20,22). The van der Waals surface area contributed by atoms with Gasteiger partial charge in [0.05, 0.1) is 6.42 Å². The molecule has 0 unspecified atom stereocenters. The first-order valence-electron chi connectivity index (χ1n) is 8.56. The molecule has 126 valence electrons. The lowest BCUT2D eigenvalue weighted by Gasteiger charge is -2.39. The lowest BCUT2D eigenvalue weighted by molar-refractivity contribution is -0.121. The summed E-state index contributed by atoms with van der Waals surface area (Å²) in [5, 5.41) is 3.89. The van der Waals surface area contributed by atoms with E-state index in [9.17, 15) is 4.79 Å². The van der Waals surface area contributed by atoms with Gasteiger partial charge in [0.25, 0.3) is 0 Å². The Kier molecular flexibility index (Phi) is 5.92. The molecule has 5 heteroatoms. The van der Waals surface area contributed by atoms with Gasteiger partial charge in [-0.3, -0.25) is 4.79 Å². The number of nitrogens with zero attached hydrogens (tertiary/aromatic N) is 1. The van der Waals surface area contributed by atoms with E-state index in [1.165, 1.54) is 0 Å². The number of ether oxygens (including phenoxy) is 1. The van der Waals surface area contributed by atoms with Crippen molar-refractivity contribution in [2.45, 2.75) is 44.2 Å². The van der Waals surface area contributed by atoms with Crippen LogP contribution in [0.4, 0.5) is 0 Å². The molecule has 1 aromatic carbocycles.